The van der Waals surface area contributed by atoms with Gasteiger partial charge in [0.05, 0.1) is 0 Å². The van der Waals surface area contributed by atoms with E-state index in [1.165, 1.54) is 71.0 Å². The SMILES string of the molecule is CCCN1CCC(NC(=NC)NCCN(C)C2CCCCC2)CC1. The van der Waals surface area contributed by atoms with Crippen molar-refractivity contribution in [3.8, 4) is 0 Å². The zero-order valence-electron chi connectivity index (χ0n) is 16.2. The summed E-state index contributed by atoms with van der Waals surface area (Å²) in [5.74, 6) is 0.973. The van der Waals surface area contributed by atoms with E-state index in [0.717, 1.165) is 25.1 Å². The molecule has 0 spiro atoms. The summed E-state index contributed by atoms with van der Waals surface area (Å²) in [6.07, 6.45) is 10.7. The first-order valence-corrected chi connectivity index (χ1v) is 10.1. The molecule has 0 bridgehead atoms. The van der Waals surface area contributed by atoms with Crippen molar-refractivity contribution in [2.24, 2.45) is 4.99 Å². The molecule has 1 heterocycles. The minimum absolute atomic E-state index is 0.570. The molecule has 0 amide bonds. The van der Waals surface area contributed by atoms with E-state index >= 15 is 0 Å². The average Bonchev–Trinajstić information content (AvgIpc) is 2.63. The second kappa shape index (κ2) is 10.9. The average molecular weight is 338 g/mol. The topological polar surface area (TPSA) is 42.9 Å². The van der Waals surface area contributed by atoms with Gasteiger partial charge in [-0.25, -0.2) is 0 Å². The summed E-state index contributed by atoms with van der Waals surface area (Å²) in [4.78, 5) is 9.52. The van der Waals surface area contributed by atoms with Crippen molar-refractivity contribution in [1.29, 1.82) is 0 Å². The highest BCUT2D eigenvalue weighted by Crippen LogP contribution is 2.21. The fourth-order valence-corrected chi connectivity index (χ4v) is 4.06. The molecule has 2 aliphatic rings. The molecule has 1 saturated heterocycles. The highest BCUT2D eigenvalue weighted by molar-refractivity contribution is 5.79. The fourth-order valence-electron chi connectivity index (χ4n) is 4.06. The monoisotopic (exact) mass is 337 g/mol. The highest BCUT2D eigenvalue weighted by Gasteiger charge is 2.20. The summed E-state index contributed by atoms with van der Waals surface area (Å²) in [5.41, 5.74) is 0. The first kappa shape index (κ1) is 19.5. The van der Waals surface area contributed by atoms with Crippen molar-refractivity contribution in [2.75, 3.05) is 46.8 Å². The quantitative estimate of drug-likeness (QED) is 0.553. The van der Waals surface area contributed by atoms with Crippen molar-refractivity contribution >= 4 is 5.96 Å². The van der Waals surface area contributed by atoms with Crippen molar-refractivity contribution in [2.45, 2.75) is 70.4 Å². The van der Waals surface area contributed by atoms with Gasteiger partial charge >= 0.3 is 0 Å². The molecule has 0 aromatic rings. The Morgan fingerprint density at radius 2 is 1.83 bits per heavy atom. The number of likely N-dealkylation sites (N-methyl/N-ethyl adjacent to an activating group) is 1. The maximum atomic E-state index is 4.41. The summed E-state index contributed by atoms with van der Waals surface area (Å²) in [6, 6.07) is 1.36. The van der Waals surface area contributed by atoms with Crippen LogP contribution in [0.15, 0.2) is 4.99 Å². The molecule has 2 rings (SSSR count). The van der Waals surface area contributed by atoms with E-state index in [1.54, 1.807) is 0 Å². The zero-order chi connectivity index (χ0) is 17.2. The molecule has 24 heavy (non-hydrogen) atoms. The molecule has 2 N–H and O–H groups in total. The number of nitrogens with zero attached hydrogens (tertiary/aromatic N) is 3. The Balaban J connectivity index is 1.62. The van der Waals surface area contributed by atoms with Crippen molar-refractivity contribution in [3.05, 3.63) is 0 Å². The minimum atomic E-state index is 0.570. The van der Waals surface area contributed by atoms with E-state index in [1.807, 2.05) is 7.05 Å². The molecular weight excluding hydrogens is 298 g/mol. The summed E-state index contributed by atoms with van der Waals surface area (Å²) >= 11 is 0. The van der Waals surface area contributed by atoms with E-state index in [4.69, 9.17) is 0 Å². The molecule has 140 valence electrons. The third-order valence-electron chi connectivity index (χ3n) is 5.65. The maximum Gasteiger partial charge on any atom is 0.191 e. The van der Waals surface area contributed by atoms with E-state index in [2.05, 4.69) is 39.4 Å². The van der Waals surface area contributed by atoms with E-state index in [9.17, 15) is 0 Å². The second-order valence-corrected chi connectivity index (χ2v) is 7.53. The van der Waals surface area contributed by atoms with E-state index in [-0.39, 0.29) is 0 Å². The third-order valence-corrected chi connectivity index (χ3v) is 5.65. The van der Waals surface area contributed by atoms with Gasteiger partial charge in [0.2, 0.25) is 0 Å². The van der Waals surface area contributed by atoms with Gasteiger partial charge in [0.15, 0.2) is 5.96 Å². The highest BCUT2D eigenvalue weighted by atomic mass is 15.2. The summed E-state index contributed by atoms with van der Waals surface area (Å²) in [5, 5.41) is 7.12. The molecule has 0 aromatic carbocycles. The van der Waals surface area contributed by atoms with Gasteiger partial charge in [-0.15, -0.1) is 0 Å². The van der Waals surface area contributed by atoms with Gasteiger partial charge in [-0.05, 0) is 45.7 Å². The Morgan fingerprint density at radius 3 is 2.46 bits per heavy atom. The van der Waals surface area contributed by atoms with Crippen LogP contribution >= 0.6 is 0 Å². The summed E-state index contributed by atoms with van der Waals surface area (Å²) < 4.78 is 0. The first-order chi connectivity index (χ1) is 11.7. The van der Waals surface area contributed by atoms with Gasteiger partial charge in [-0.2, -0.15) is 0 Å². The Labute approximate surface area is 149 Å². The first-order valence-electron chi connectivity index (χ1n) is 10.1. The van der Waals surface area contributed by atoms with E-state index in [0.29, 0.717) is 6.04 Å². The van der Waals surface area contributed by atoms with Gasteiger partial charge in [-0.1, -0.05) is 26.2 Å². The van der Waals surface area contributed by atoms with Gasteiger partial charge in [0.25, 0.3) is 0 Å². The number of aliphatic imine (C=N–C) groups is 1. The molecule has 1 aliphatic carbocycles. The van der Waals surface area contributed by atoms with Crippen LogP contribution in [0.1, 0.15) is 58.3 Å². The lowest BCUT2D eigenvalue weighted by molar-refractivity contribution is 0.194. The Hall–Kier alpha value is -0.810. The van der Waals surface area contributed by atoms with Crippen LogP contribution < -0.4 is 10.6 Å². The number of hydrogen-bond donors (Lipinski definition) is 2. The lowest BCUT2D eigenvalue weighted by Gasteiger charge is -2.33. The lowest BCUT2D eigenvalue weighted by atomic mass is 9.94. The molecule has 0 atom stereocenters. The number of piperidine rings is 1. The summed E-state index contributed by atoms with van der Waals surface area (Å²) in [7, 11) is 4.16. The molecule has 1 saturated carbocycles. The molecule has 0 radical (unpaired) electrons. The Bertz CT molecular complexity index is 357. The fraction of sp³-hybridized carbons (Fsp3) is 0.947. The number of hydrogen-bond acceptors (Lipinski definition) is 3. The maximum absolute atomic E-state index is 4.41. The van der Waals surface area contributed by atoms with Gasteiger partial charge in [0.1, 0.15) is 0 Å². The molecule has 5 nitrogen and oxygen atoms in total. The number of nitrogens with one attached hydrogen (secondary N) is 2. The van der Waals surface area contributed by atoms with Gasteiger partial charge < -0.3 is 20.4 Å². The van der Waals surface area contributed by atoms with Crippen LogP contribution in [0.2, 0.25) is 0 Å². The number of rotatable bonds is 7. The van der Waals surface area contributed by atoms with Crippen LogP contribution in [-0.2, 0) is 0 Å². The number of likely N-dealkylation sites (tertiary alicyclic amines) is 1. The largest absolute Gasteiger partial charge is 0.355 e. The second-order valence-electron chi connectivity index (χ2n) is 7.53. The predicted octanol–water partition coefficient (Wildman–Crippen LogP) is 2.29. The molecule has 5 heteroatoms. The molecule has 0 unspecified atom stereocenters. The smallest absolute Gasteiger partial charge is 0.191 e. The van der Waals surface area contributed by atoms with Crippen LogP contribution in [0.5, 0.6) is 0 Å². The zero-order valence-corrected chi connectivity index (χ0v) is 16.2. The van der Waals surface area contributed by atoms with Gasteiger partial charge in [-0.3, -0.25) is 4.99 Å². The Morgan fingerprint density at radius 1 is 1.12 bits per heavy atom. The minimum Gasteiger partial charge on any atom is -0.355 e. The van der Waals surface area contributed by atoms with Crippen LogP contribution in [0, 0.1) is 0 Å². The molecule has 2 fully saturated rings. The van der Waals surface area contributed by atoms with Crippen LogP contribution in [0.3, 0.4) is 0 Å². The standard InChI is InChI=1S/C19H39N5/c1-4-13-24-14-10-17(11-15-24)22-19(20-2)21-12-16-23(3)18-8-6-5-7-9-18/h17-18H,4-16H2,1-3H3,(H2,20,21,22). The third kappa shape index (κ3) is 6.60. The molecule has 1 aliphatic heterocycles. The normalized spacial score (nSPS) is 22.1. The number of guanidine groups is 1. The van der Waals surface area contributed by atoms with Crippen LogP contribution in [-0.4, -0.2) is 74.7 Å². The Kier molecular flexibility index (Phi) is 8.89. The van der Waals surface area contributed by atoms with Crippen molar-refractivity contribution in [3.63, 3.8) is 0 Å². The van der Waals surface area contributed by atoms with Crippen LogP contribution in [0.25, 0.3) is 0 Å². The van der Waals surface area contributed by atoms with Crippen LogP contribution in [0.4, 0.5) is 0 Å². The summed E-state index contributed by atoms with van der Waals surface area (Å²) in [6.45, 7) is 8.01. The van der Waals surface area contributed by atoms with Crippen molar-refractivity contribution in [1.82, 2.24) is 20.4 Å². The predicted molar refractivity (Wildman–Crippen MR) is 104 cm³/mol. The van der Waals surface area contributed by atoms with Gasteiger partial charge in [0, 0.05) is 45.3 Å². The van der Waals surface area contributed by atoms with Crippen molar-refractivity contribution < 1.29 is 0 Å². The van der Waals surface area contributed by atoms with E-state index < -0.39 is 0 Å². The molecule has 0 aromatic heterocycles. The lowest BCUT2D eigenvalue weighted by Crippen LogP contribution is -2.50. The molecular formula is C19H39N5.